The van der Waals surface area contributed by atoms with Crippen molar-refractivity contribution in [1.82, 2.24) is 4.98 Å². The number of ether oxygens (including phenoxy) is 1. The second-order valence-electron chi connectivity index (χ2n) is 3.59. The Morgan fingerprint density at radius 1 is 1.21 bits per heavy atom. The minimum absolute atomic E-state index is 0.715. The minimum Gasteiger partial charge on any atom is -0.376 e. The van der Waals surface area contributed by atoms with E-state index < -0.39 is 0 Å². The Kier molecular flexibility index (Phi) is 1.74. The van der Waals surface area contributed by atoms with Crippen LogP contribution in [0.1, 0.15) is 11.3 Å². The number of para-hydroxylation sites is 1. The Balaban J connectivity index is 2.27. The highest BCUT2D eigenvalue weighted by atomic mass is 16.5. The largest absolute Gasteiger partial charge is 0.376 e. The lowest BCUT2D eigenvalue weighted by Crippen LogP contribution is -2.11. The highest BCUT2D eigenvalue weighted by molar-refractivity contribution is 5.79. The molecule has 2 heterocycles. The van der Waals surface area contributed by atoms with Gasteiger partial charge in [-0.15, -0.1) is 0 Å². The lowest BCUT2D eigenvalue weighted by molar-refractivity contribution is 0.109. The van der Waals surface area contributed by atoms with Crippen molar-refractivity contribution >= 4 is 10.9 Å². The highest BCUT2D eigenvalue weighted by Gasteiger charge is 2.11. The molecule has 0 saturated carbocycles. The third-order valence-electron chi connectivity index (χ3n) is 2.63. The van der Waals surface area contributed by atoms with Crippen LogP contribution in [0.3, 0.4) is 0 Å². The van der Waals surface area contributed by atoms with E-state index in [0.29, 0.717) is 6.61 Å². The molecule has 3 rings (SSSR count). The van der Waals surface area contributed by atoms with E-state index in [1.807, 2.05) is 12.1 Å². The lowest BCUT2D eigenvalue weighted by Gasteiger charge is -2.15. The van der Waals surface area contributed by atoms with Crippen LogP contribution in [0, 0.1) is 0 Å². The van der Waals surface area contributed by atoms with Gasteiger partial charge in [0.15, 0.2) is 0 Å². The third-order valence-corrected chi connectivity index (χ3v) is 2.63. The van der Waals surface area contributed by atoms with Gasteiger partial charge >= 0.3 is 0 Å². The summed E-state index contributed by atoms with van der Waals surface area (Å²) >= 11 is 0. The van der Waals surface area contributed by atoms with Gasteiger partial charge in [0.1, 0.15) is 0 Å². The number of pyridine rings is 1. The van der Waals surface area contributed by atoms with Gasteiger partial charge in [0, 0.05) is 17.5 Å². The summed E-state index contributed by atoms with van der Waals surface area (Å²) in [6.45, 7) is 1.52. The first-order valence-corrected chi connectivity index (χ1v) is 4.89. The standard InChI is InChI=1S/C12H11NO/c1-2-4-11-9(3-1)7-10-8-14-6-5-12(10)13-11/h1-4,7H,5-6,8H2. The van der Waals surface area contributed by atoms with Crippen LogP contribution in [-0.2, 0) is 17.8 Å². The fourth-order valence-electron chi connectivity index (χ4n) is 1.89. The van der Waals surface area contributed by atoms with Crippen LogP contribution in [-0.4, -0.2) is 11.6 Å². The molecule has 0 saturated heterocycles. The van der Waals surface area contributed by atoms with Crippen molar-refractivity contribution in [3.8, 4) is 0 Å². The number of benzene rings is 1. The molecule has 0 N–H and O–H groups in total. The molecule has 0 fully saturated rings. The number of nitrogens with zero attached hydrogens (tertiary/aromatic N) is 1. The summed E-state index contributed by atoms with van der Waals surface area (Å²) in [6.07, 6.45) is 0.945. The van der Waals surface area contributed by atoms with Gasteiger partial charge in [0.25, 0.3) is 0 Å². The fraction of sp³-hybridized carbons (Fsp3) is 0.250. The van der Waals surface area contributed by atoms with Crippen molar-refractivity contribution in [3.63, 3.8) is 0 Å². The van der Waals surface area contributed by atoms with Crippen LogP contribution in [0.5, 0.6) is 0 Å². The molecule has 0 spiro atoms. The molecule has 0 bridgehead atoms. The third kappa shape index (κ3) is 1.19. The Morgan fingerprint density at radius 3 is 3.14 bits per heavy atom. The molecular formula is C12H11NO. The first kappa shape index (κ1) is 7.94. The zero-order valence-electron chi connectivity index (χ0n) is 7.86. The predicted molar refractivity (Wildman–Crippen MR) is 55.1 cm³/mol. The van der Waals surface area contributed by atoms with Crippen LogP contribution in [0.4, 0.5) is 0 Å². The van der Waals surface area contributed by atoms with Crippen molar-refractivity contribution in [2.45, 2.75) is 13.0 Å². The van der Waals surface area contributed by atoms with Crippen LogP contribution >= 0.6 is 0 Å². The van der Waals surface area contributed by atoms with Crippen molar-refractivity contribution in [3.05, 3.63) is 41.6 Å². The molecule has 0 radical (unpaired) electrons. The van der Waals surface area contributed by atoms with Crippen molar-refractivity contribution in [1.29, 1.82) is 0 Å². The molecule has 0 atom stereocenters. The van der Waals surface area contributed by atoms with E-state index in [1.54, 1.807) is 0 Å². The van der Waals surface area contributed by atoms with E-state index in [1.165, 1.54) is 16.6 Å². The topological polar surface area (TPSA) is 22.1 Å². The van der Waals surface area contributed by atoms with Crippen LogP contribution in [0.15, 0.2) is 30.3 Å². The van der Waals surface area contributed by atoms with Crippen LogP contribution < -0.4 is 0 Å². The number of fused-ring (bicyclic) bond motifs is 2. The molecule has 0 unspecified atom stereocenters. The van der Waals surface area contributed by atoms with Gasteiger partial charge in [0.2, 0.25) is 0 Å². The van der Waals surface area contributed by atoms with Gasteiger partial charge < -0.3 is 4.74 Å². The Hall–Kier alpha value is -1.41. The maximum absolute atomic E-state index is 5.40. The van der Waals surface area contributed by atoms with Gasteiger partial charge in [-0.2, -0.15) is 0 Å². The van der Waals surface area contributed by atoms with E-state index in [9.17, 15) is 0 Å². The Morgan fingerprint density at radius 2 is 2.14 bits per heavy atom. The molecule has 1 aliphatic heterocycles. The highest BCUT2D eigenvalue weighted by Crippen LogP contribution is 2.20. The van der Waals surface area contributed by atoms with Gasteiger partial charge in [0.05, 0.1) is 18.7 Å². The quantitative estimate of drug-likeness (QED) is 0.628. The maximum Gasteiger partial charge on any atom is 0.0734 e. The predicted octanol–water partition coefficient (Wildman–Crippen LogP) is 2.31. The normalized spacial score (nSPS) is 15.4. The SMILES string of the molecule is c1ccc2nc3c(cc2c1)COCC3. The second-order valence-corrected chi connectivity index (χ2v) is 3.59. The number of rotatable bonds is 0. The summed E-state index contributed by atoms with van der Waals surface area (Å²) in [6, 6.07) is 10.4. The summed E-state index contributed by atoms with van der Waals surface area (Å²) < 4.78 is 5.40. The van der Waals surface area contributed by atoms with Crippen molar-refractivity contribution < 1.29 is 4.74 Å². The number of hydrogen-bond acceptors (Lipinski definition) is 2. The maximum atomic E-state index is 5.40. The molecule has 0 aliphatic carbocycles. The molecule has 14 heavy (non-hydrogen) atoms. The fourth-order valence-corrected chi connectivity index (χ4v) is 1.89. The molecular weight excluding hydrogens is 174 g/mol. The smallest absolute Gasteiger partial charge is 0.0734 e. The summed E-state index contributed by atoms with van der Waals surface area (Å²) in [5, 5.41) is 1.21. The van der Waals surface area contributed by atoms with Crippen molar-refractivity contribution in [2.75, 3.05) is 6.61 Å². The molecule has 2 heteroatoms. The molecule has 1 aromatic carbocycles. The number of hydrogen-bond donors (Lipinski definition) is 0. The monoisotopic (exact) mass is 185 g/mol. The average molecular weight is 185 g/mol. The van der Waals surface area contributed by atoms with E-state index in [4.69, 9.17) is 4.74 Å². The number of aromatic nitrogens is 1. The molecule has 2 nitrogen and oxygen atoms in total. The van der Waals surface area contributed by atoms with E-state index in [0.717, 1.165) is 18.5 Å². The van der Waals surface area contributed by atoms with Crippen molar-refractivity contribution in [2.24, 2.45) is 0 Å². The average Bonchev–Trinajstić information content (AvgIpc) is 2.26. The van der Waals surface area contributed by atoms with Gasteiger partial charge in [-0.1, -0.05) is 18.2 Å². The van der Waals surface area contributed by atoms with E-state index in [2.05, 4.69) is 23.2 Å². The summed E-state index contributed by atoms with van der Waals surface area (Å²) in [4.78, 5) is 4.64. The molecule has 1 aliphatic rings. The first-order valence-electron chi connectivity index (χ1n) is 4.89. The molecule has 1 aromatic heterocycles. The Bertz CT molecular complexity index is 434. The second kappa shape index (κ2) is 3.07. The van der Waals surface area contributed by atoms with Gasteiger partial charge in [-0.05, 0) is 17.7 Å². The summed E-state index contributed by atoms with van der Waals surface area (Å²) in [7, 11) is 0. The molecule has 0 amide bonds. The zero-order chi connectivity index (χ0) is 9.38. The lowest BCUT2D eigenvalue weighted by atomic mass is 10.1. The van der Waals surface area contributed by atoms with Gasteiger partial charge in [-0.3, -0.25) is 4.98 Å². The molecule has 2 aromatic rings. The van der Waals surface area contributed by atoms with E-state index >= 15 is 0 Å². The first-order chi connectivity index (χ1) is 6.93. The van der Waals surface area contributed by atoms with E-state index in [-0.39, 0.29) is 0 Å². The summed E-state index contributed by atoms with van der Waals surface area (Å²) in [5.74, 6) is 0. The minimum atomic E-state index is 0.715. The zero-order valence-corrected chi connectivity index (χ0v) is 7.86. The van der Waals surface area contributed by atoms with Gasteiger partial charge in [-0.25, -0.2) is 0 Å². The Labute approximate surface area is 82.5 Å². The van der Waals surface area contributed by atoms with Crippen LogP contribution in [0.25, 0.3) is 10.9 Å². The summed E-state index contributed by atoms with van der Waals surface area (Å²) in [5.41, 5.74) is 3.54. The van der Waals surface area contributed by atoms with Crippen LogP contribution in [0.2, 0.25) is 0 Å². The molecule has 70 valence electrons.